The fraction of sp³-hybridized carbons (Fsp3) is 0.294. The maximum atomic E-state index is 12.5. The molecule has 0 spiro atoms. The van der Waals surface area contributed by atoms with Gasteiger partial charge < -0.3 is 10.1 Å². The van der Waals surface area contributed by atoms with Crippen LogP contribution in [0.25, 0.3) is 0 Å². The quantitative estimate of drug-likeness (QED) is 0.271. The fourth-order valence-corrected chi connectivity index (χ4v) is 4.36. The van der Waals surface area contributed by atoms with Gasteiger partial charge in [-0.1, -0.05) is 0 Å². The molecule has 15 heteroatoms. The molecule has 2 atom stereocenters. The maximum absolute atomic E-state index is 12.5. The molecule has 0 unspecified atom stereocenters. The Bertz CT molecular complexity index is 1230. The topological polar surface area (TPSA) is 188 Å². The van der Waals surface area contributed by atoms with Crippen molar-refractivity contribution in [2.24, 2.45) is 0 Å². The third-order valence-electron chi connectivity index (χ3n) is 4.23. The van der Waals surface area contributed by atoms with Crippen LogP contribution in [-0.2, 0) is 30.3 Å². The Morgan fingerprint density at radius 2 is 1.38 bits per heavy atom. The third-order valence-corrected chi connectivity index (χ3v) is 7.69. The molecule has 0 fully saturated rings. The number of sulfonamides is 1. The lowest BCUT2D eigenvalue weighted by atomic mass is 10.3. The molecule has 5 N–H and O–H groups in total. The van der Waals surface area contributed by atoms with Crippen LogP contribution < -0.4 is 20.1 Å². The number of anilines is 2. The van der Waals surface area contributed by atoms with Crippen molar-refractivity contribution < 1.29 is 39.1 Å². The molecular weight excluding hydrogens is 486 g/mol. The van der Waals surface area contributed by atoms with Crippen molar-refractivity contribution in [2.75, 3.05) is 23.7 Å². The second-order valence-corrected chi connectivity index (χ2v) is 11.6. The van der Waals surface area contributed by atoms with Crippen molar-refractivity contribution in [2.45, 2.75) is 22.6 Å². The molecule has 0 aliphatic carbocycles. The molecule has 0 heterocycles. The Labute approximate surface area is 186 Å². The van der Waals surface area contributed by atoms with Crippen LogP contribution in [0.1, 0.15) is 6.92 Å². The standard InChI is InChI=1S/C17H23N3O9S3/c1-12(31(23,24)25)18-11-17(32(26,27)28)19-13-5-9-16(10-6-13)30(21,22)20-14-3-7-15(29-2)8-4-14/h3-10,12,17-20H,11H2,1-2H3,(H,23,24,25)(H,26,27,28)/t12-,17-/m1/s1. The molecule has 2 aromatic carbocycles. The molecule has 0 saturated carbocycles. The van der Waals surface area contributed by atoms with Crippen molar-refractivity contribution in [1.82, 2.24) is 5.32 Å². The van der Waals surface area contributed by atoms with Crippen LogP contribution in [0.15, 0.2) is 53.4 Å². The molecule has 0 aliphatic heterocycles. The zero-order chi connectivity index (χ0) is 24.2. The number of nitrogens with one attached hydrogen (secondary N) is 3. The molecular formula is C17H23N3O9S3. The first kappa shape index (κ1) is 25.8. The summed E-state index contributed by atoms with van der Waals surface area (Å²) in [5, 5.41) is 1.57. The Morgan fingerprint density at radius 1 is 0.844 bits per heavy atom. The van der Waals surface area contributed by atoms with Gasteiger partial charge in [0.25, 0.3) is 30.3 Å². The Kier molecular flexibility index (Phi) is 8.08. The molecule has 178 valence electrons. The first-order valence-electron chi connectivity index (χ1n) is 8.92. The van der Waals surface area contributed by atoms with Gasteiger partial charge in [-0.3, -0.25) is 19.1 Å². The van der Waals surface area contributed by atoms with E-state index in [1.54, 1.807) is 12.1 Å². The van der Waals surface area contributed by atoms with Gasteiger partial charge in [0.15, 0.2) is 5.37 Å². The summed E-state index contributed by atoms with van der Waals surface area (Å²) in [6.45, 7) is 0.519. The Morgan fingerprint density at radius 3 is 1.84 bits per heavy atom. The van der Waals surface area contributed by atoms with E-state index in [4.69, 9.17) is 9.29 Å². The van der Waals surface area contributed by atoms with Gasteiger partial charge in [0.05, 0.1) is 12.0 Å². The highest BCUT2D eigenvalue weighted by Crippen LogP contribution is 2.21. The van der Waals surface area contributed by atoms with Crippen molar-refractivity contribution in [3.63, 3.8) is 0 Å². The van der Waals surface area contributed by atoms with Crippen molar-refractivity contribution in [1.29, 1.82) is 0 Å². The van der Waals surface area contributed by atoms with Crippen molar-refractivity contribution >= 4 is 41.6 Å². The van der Waals surface area contributed by atoms with Gasteiger partial charge in [0.2, 0.25) is 0 Å². The van der Waals surface area contributed by atoms with Crippen LogP contribution in [0.3, 0.4) is 0 Å². The summed E-state index contributed by atoms with van der Waals surface area (Å²) in [4.78, 5) is -0.111. The summed E-state index contributed by atoms with van der Waals surface area (Å²) in [6, 6.07) is 11.2. The second-order valence-electron chi connectivity index (χ2n) is 6.57. The highest BCUT2D eigenvalue weighted by atomic mass is 32.2. The van der Waals surface area contributed by atoms with Crippen LogP contribution in [0.5, 0.6) is 5.75 Å². The predicted octanol–water partition coefficient (Wildman–Crippen LogP) is 0.945. The third kappa shape index (κ3) is 7.32. The molecule has 32 heavy (non-hydrogen) atoms. The molecule has 0 aliphatic rings. The van der Waals surface area contributed by atoms with Gasteiger partial charge in [-0.25, -0.2) is 8.42 Å². The number of hydrogen-bond acceptors (Lipinski definition) is 9. The van der Waals surface area contributed by atoms with Crippen molar-refractivity contribution in [3.05, 3.63) is 48.5 Å². The summed E-state index contributed by atoms with van der Waals surface area (Å²) in [6.07, 6.45) is 0. The largest absolute Gasteiger partial charge is 0.497 e. The number of methoxy groups -OCH3 is 1. The van der Waals surface area contributed by atoms with Gasteiger partial charge in [-0.15, -0.1) is 0 Å². The van der Waals surface area contributed by atoms with Gasteiger partial charge in [0, 0.05) is 17.9 Å². The maximum Gasteiger partial charge on any atom is 0.287 e. The van der Waals surface area contributed by atoms with Crippen LogP contribution in [0.2, 0.25) is 0 Å². The highest BCUT2D eigenvalue weighted by molar-refractivity contribution is 7.92. The molecule has 0 radical (unpaired) electrons. The Balaban J connectivity index is 2.13. The lowest BCUT2D eigenvalue weighted by Crippen LogP contribution is -2.44. The molecule has 0 amide bonds. The number of benzene rings is 2. The summed E-state index contributed by atoms with van der Waals surface area (Å²) >= 11 is 0. The molecule has 0 aromatic heterocycles. The van der Waals surface area contributed by atoms with E-state index in [9.17, 15) is 29.8 Å². The van der Waals surface area contributed by atoms with E-state index < -0.39 is 47.6 Å². The first-order chi connectivity index (χ1) is 14.7. The van der Waals surface area contributed by atoms with E-state index >= 15 is 0 Å². The molecule has 2 aromatic rings. The van der Waals surface area contributed by atoms with Crippen molar-refractivity contribution in [3.8, 4) is 5.75 Å². The van der Waals surface area contributed by atoms with E-state index in [1.807, 2.05) is 0 Å². The zero-order valence-corrected chi connectivity index (χ0v) is 19.4. The average molecular weight is 510 g/mol. The Hall–Kier alpha value is -2.43. The van der Waals surface area contributed by atoms with Gasteiger partial charge in [-0.2, -0.15) is 16.8 Å². The van der Waals surface area contributed by atoms with E-state index in [0.717, 1.165) is 6.92 Å². The molecule has 0 bridgehead atoms. The zero-order valence-electron chi connectivity index (χ0n) is 17.0. The number of ether oxygens (including phenoxy) is 1. The highest BCUT2D eigenvalue weighted by Gasteiger charge is 2.26. The number of hydrogen-bond donors (Lipinski definition) is 5. The van der Waals surface area contributed by atoms with E-state index in [0.29, 0.717) is 11.4 Å². The van der Waals surface area contributed by atoms with Gasteiger partial charge in [0.1, 0.15) is 11.1 Å². The monoisotopic (exact) mass is 509 g/mol. The summed E-state index contributed by atoms with van der Waals surface area (Å²) in [5.41, 5.74) is 0.441. The second kappa shape index (κ2) is 10.0. The first-order valence-corrected chi connectivity index (χ1v) is 13.4. The minimum atomic E-state index is -4.68. The van der Waals surface area contributed by atoms with Gasteiger partial charge in [-0.05, 0) is 55.5 Å². The van der Waals surface area contributed by atoms with E-state index in [1.165, 1.54) is 43.5 Å². The summed E-state index contributed by atoms with van der Waals surface area (Å²) < 4.78 is 96.1. The minimum absolute atomic E-state index is 0.111. The predicted molar refractivity (Wildman–Crippen MR) is 118 cm³/mol. The van der Waals surface area contributed by atoms with E-state index in [-0.39, 0.29) is 10.6 Å². The summed E-state index contributed by atoms with van der Waals surface area (Å²) in [7, 11) is -11.6. The molecule has 2 rings (SSSR count). The van der Waals surface area contributed by atoms with Crippen LogP contribution in [0.4, 0.5) is 11.4 Å². The minimum Gasteiger partial charge on any atom is -0.497 e. The lowest BCUT2D eigenvalue weighted by Gasteiger charge is -2.19. The van der Waals surface area contributed by atoms with Gasteiger partial charge >= 0.3 is 0 Å². The smallest absolute Gasteiger partial charge is 0.287 e. The van der Waals surface area contributed by atoms with E-state index in [2.05, 4.69) is 15.4 Å². The molecule has 0 saturated heterocycles. The average Bonchev–Trinajstić information content (AvgIpc) is 2.70. The van der Waals surface area contributed by atoms with Crippen LogP contribution >= 0.6 is 0 Å². The lowest BCUT2D eigenvalue weighted by molar-refractivity contribution is 0.415. The van der Waals surface area contributed by atoms with Crippen LogP contribution in [0, 0.1) is 0 Å². The van der Waals surface area contributed by atoms with Crippen LogP contribution in [-0.4, -0.2) is 58.8 Å². The SMILES string of the molecule is COc1ccc(NS(=O)(=O)c2ccc(N[C@@H](CN[C@@H](C)S(=O)(=O)O)S(=O)(=O)O)cc2)cc1. The number of rotatable bonds is 11. The fourth-order valence-electron chi connectivity index (χ4n) is 2.40. The molecule has 12 nitrogen and oxygen atoms in total. The normalized spacial score (nSPS) is 14.4. The summed E-state index contributed by atoms with van der Waals surface area (Å²) in [5.74, 6) is 0.553.